The van der Waals surface area contributed by atoms with E-state index in [-0.39, 0.29) is 10.0 Å². The summed E-state index contributed by atoms with van der Waals surface area (Å²) < 4.78 is 43.7. The maximum atomic E-state index is 12.0. The molecule has 0 radical (unpaired) electrons. The van der Waals surface area contributed by atoms with Crippen molar-refractivity contribution in [3.8, 4) is 11.5 Å². The lowest BCUT2D eigenvalue weighted by molar-refractivity contribution is -0.274. The number of phenols is 1. The molecule has 0 aromatic heterocycles. The highest BCUT2D eigenvalue weighted by Gasteiger charge is 2.32. The van der Waals surface area contributed by atoms with E-state index in [2.05, 4.69) is 25.4 Å². The summed E-state index contributed by atoms with van der Waals surface area (Å²) in [4.78, 5) is 11.2. The summed E-state index contributed by atoms with van der Waals surface area (Å²) in [7, 11) is 1.06. The van der Waals surface area contributed by atoms with E-state index in [4.69, 9.17) is 0 Å². The molecule has 1 aromatic rings. The van der Waals surface area contributed by atoms with Crippen molar-refractivity contribution >= 4 is 21.9 Å². The Hall–Kier alpha value is -1.44. The number of phenolic OH excluding ortho intramolecular Hbond substituents is 1. The maximum Gasteiger partial charge on any atom is 0.573 e. The van der Waals surface area contributed by atoms with Crippen LogP contribution in [0.3, 0.4) is 0 Å². The Balaban J connectivity index is 3.19. The van der Waals surface area contributed by atoms with Crippen LogP contribution < -0.4 is 4.74 Å². The number of carbonyl (C=O) groups excluding carboxylic acids is 1. The van der Waals surface area contributed by atoms with Crippen LogP contribution in [0.5, 0.6) is 11.5 Å². The van der Waals surface area contributed by atoms with Crippen LogP contribution in [0.25, 0.3) is 0 Å². The van der Waals surface area contributed by atoms with Gasteiger partial charge in [-0.25, -0.2) is 4.79 Å². The molecule has 0 heterocycles. The minimum Gasteiger partial charge on any atom is -0.507 e. The number of methoxy groups -OCH3 is 1. The minimum absolute atomic E-state index is 0.0705. The molecule has 0 amide bonds. The van der Waals surface area contributed by atoms with E-state index in [1.807, 2.05) is 0 Å². The highest BCUT2D eigenvalue weighted by molar-refractivity contribution is 9.10. The fourth-order valence-corrected chi connectivity index (χ4v) is 1.43. The molecule has 0 aliphatic carbocycles. The number of rotatable bonds is 2. The van der Waals surface area contributed by atoms with Gasteiger partial charge in [-0.3, -0.25) is 0 Å². The van der Waals surface area contributed by atoms with Gasteiger partial charge in [0.15, 0.2) is 0 Å². The first-order valence-corrected chi connectivity index (χ1v) is 4.90. The molecule has 0 aliphatic heterocycles. The molecule has 4 nitrogen and oxygen atoms in total. The molecule has 0 aliphatic rings. The van der Waals surface area contributed by atoms with E-state index < -0.39 is 23.8 Å². The first-order valence-electron chi connectivity index (χ1n) is 4.11. The van der Waals surface area contributed by atoms with E-state index >= 15 is 0 Å². The number of aromatic hydroxyl groups is 1. The van der Waals surface area contributed by atoms with Crippen LogP contribution in [0.15, 0.2) is 16.6 Å². The Kier molecular flexibility index (Phi) is 3.87. The van der Waals surface area contributed by atoms with E-state index in [1.54, 1.807) is 0 Å². The second kappa shape index (κ2) is 4.82. The lowest BCUT2D eigenvalue weighted by Gasteiger charge is -2.11. The summed E-state index contributed by atoms with van der Waals surface area (Å²) in [5, 5.41) is 9.32. The van der Waals surface area contributed by atoms with Gasteiger partial charge < -0.3 is 14.6 Å². The fourth-order valence-electron chi connectivity index (χ4n) is 1.03. The van der Waals surface area contributed by atoms with Crippen LogP contribution in [-0.4, -0.2) is 24.5 Å². The zero-order valence-corrected chi connectivity index (χ0v) is 9.92. The number of halogens is 4. The summed E-state index contributed by atoms with van der Waals surface area (Å²) in [5.74, 6) is -2.18. The van der Waals surface area contributed by atoms with E-state index in [9.17, 15) is 23.1 Å². The number of ether oxygens (including phenoxy) is 2. The van der Waals surface area contributed by atoms with Crippen LogP contribution in [0.2, 0.25) is 0 Å². The smallest absolute Gasteiger partial charge is 0.507 e. The molecule has 1 aromatic carbocycles. The average molecular weight is 315 g/mol. The standard InChI is InChI=1S/C9H6BrF3O4/c1-16-8(15)5-2-4(17-9(11,12)13)3-6(14)7(5)10/h2-3,14H,1H3. The van der Waals surface area contributed by atoms with Gasteiger partial charge in [0, 0.05) is 6.07 Å². The highest BCUT2D eigenvalue weighted by atomic mass is 79.9. The molecule has 0 atom stereocenters. The van der Waals surface area contributed by atoms with E-state index in [1.165, 1.54) is 0 Å². The van der Waals surface area contributed by atoms with Crippen LogP contribution in [0.1, 0.15) is 10.4 Å². The van der Waals surface area contributed by atoms with Crippen molar-refractivity contribution in [1.82, 2.24) is 0 Å². The molecule has 0 spiro atoms. The van der Waals surface area contributed by atoms with Crippen molar-refractivity contribution in [2.75, 3.05) is 7.11 Å². The van der Waals surface area contributed by atoms with Gasteiger partial charge in [0.25, 0.3) is 0 Å². The third kappa shape index (κ3) is 3.52. The molecule has 17 heavy (non-hydrogen) atoms. The van der Waals surface area contributed by atoms with Gasteiger partial charge in [0.1, 0.15) is 11.5 Å². The largest absolute Gasteiger partial charge is 0.573 e. The number of alkyl halides is 3. The lowest BCUT2D eigenvalue weighted by atomic mass is 10.2. The number of hydrogen-bond donors (Lipinski definition) is 1. The highest BCUT2D eigenvalue weighted by Crippen LogP contribution is 2.35. The van der Waals surface area contributed by atoms with Crippen molar-refractivity contribution in [3.63, 3.8) is 0 Å². The zero-order chi connectivity index (χ0) is 13.2. The molecular weight excluding hydrogens is 309 g/mol. The second-order valence-electron chi connectivity index (χ2n) is 2.84. The summed E-state index contributed by atoms with van der Waals surface area (Å²) in [6, 6.07) is 1.53. The van der Waals surface area contributed by atoms with Gasteiger partial charge in [-0.05, 0) is 22.0 Å². The Morgan fingerprint density at radius 2 is 2.00 bits per heavy atom. The van der Waals surface area contributed by atoms with Gasteiger partial charge >= 0.3 is 12.3 Å². The summed E-state index contributed by atoms with van der Waals surface area (Å²) in [6.07, 6.45) is -4.91. The number of benzene rings is 1. The Morgan fingerprint density at radius 1 is 1.41 bits per heavy atom. The maximum absolute atomic E-state index is 12.0. The Morgan fingerprint density at radius 3 is 2.47 bits per heavy atom. The van der Waals surface area contributed by atoms with Gasteiger partial charge in [0.05, 0.1) is 17.1 Å². The molecule has 0 fully saturated rings. The lowest BCUT2D eigenvalue weighted by Crippen LogP contribution is -2.17. The second-order valence-corrected chi connectivity index (χ2v) is 3.64. The van der Waals surface area contributed by atoms with Gasteiger partial charge in [-0.15, -0.1) is 13.2 Å². The SMILES string of the molecule is COC(=O)c1cc(OC(F)(F)F)cc(O)c1Br. The topological polar surface area (TPSA) is 55.8 Å². The van der Waals surface area contributed by atoms with Crippen LogP contribution >= 0.6 is 15.9 Å². The molecule has 0 saturated carbocycles. The number of carbonyl (C=O) groups is 1. The van der Waals surface area contributed by atoms with Crippen molar-refractivity contribution < 1.29 is 32.5 Å². The predicted molar refractivity (Wildman–Crippen MR) is 53.8 cm³/mol. The van der Waals surface area contributed by atoms with Crippen LogP contribution in [0, 0.1) is 0 Å². The minimum atomic E-state index is -4.91. The summed E-state index contributed by atoms with van der Waals surface area (Å²) >= 11 is 2.85. The van der Waals surface area contributed by atoms with Crippen molar-refractivity contribution in [3.05, 3.63) is 22.2 Å². The van der Waals surface area contributed by atoms with Gasteiger partial charge in [-0.2, -0.15) is 0 Å². The predicted octanol–water partition coefficient (Wildman–Crippen LogP) is 2.84. The van der Waals surface area contributed by atoms with Crippen LogP contribution in [0.4, 0.5) is 13.2 Å². The Bertz CT molecular complexity index is 445. The third-order valence-electron chi connectivity index (χ3n) is 1.67. The van der Waals surface area contributed by atoms with Gasteiger partial charge in [0.2, 0.25) is 0 Å². The molecule has 1 rings (SSSR count). The average Bonchev–Trinajstić information content (AvgIpc) is 2.19. The monoisotopic (exact) mass is 314 g/mol. The molecule has 1 N–H and O–H groups in total. The van der Waals surface area contributed by atoms with E-state index in [0.29, 0.717) is 0 Å². The van der Waals surface area contributed by atoms with Crippen molar-refractivity contribution in [1.29, 1.82) is 0 Å². The quantitative estimate of drug-likeness (QED) is 0.853. The first-order chi connectivity index (χ1) is 7.74. The third-order valence-corrected chi connectivity index (χ3v) is 2.50. The molecule has 0 saturated heterocycles. The van der Waals surface area contributed by atoms with Crippen molar-refractivity contribution in [2.45, 2.75) is 6.36 Å². The van der Waals surface area contributed by atoms with Gasteiger partial charge in [-0.1, -0.05) is 0 Å². The summed E-state index contributed by atoms with van der Waals surface area (Å²) in [6.45, 7) is 0. The number of hydrogen-bond acceptors (Lipinski definition) is 4. The first kappa shape index (κ1) is 13.6. The van der Waals surface area contributed by atoms with E-state index in [0.717, 1.165) is 19.2 Å². The van der Waals surface area contributed by atoms with Crippen molar-refractivity contribution in [2.24, 2.45) is 0 Å². The Labute approximate surface area is 102 Å². The molecular formula is C9H6BrF3O4. The number of esters is 1. The zero-order valence-electron chi connectivity index (χ0n) is 8.34. The molecule has 8 heteroatoms. The summed E-state index contributed by atoms with van der Waals surface area (Å²) in [5.41, 5.74) is -0.272. The molecule has 0 unspecified atom stereocenters. The molecule has 0 bridgehead atoms. The fraction of sp³-hybridized carbons (Fsp3) is 0.222. The molecule has 94 valence electrons. The van der Waals surface area contributed by atoms with Crippen LogP contribution in [-0.2, 0) is 4.74 Å². The normalized spacial score (nSPS) is 11.1.